The first-order valence-electron chi connectivity index (χ1n) is 8.79. The Bertz CT molecular complexity index is 763. The summed E-state index contributed by atoms with van der Waals surface area (Å²) in [7, 11) is 5.18. The monoisotopic (exact) mass is 483 g/mol. The summed E-state index contributed by atoms with van der Waals surface area (Å²) < 4.78 is 10.7. The van der Waals surface area contributed by atoms with E-state index in [9.17, 15) is 0 Å². The first-order chi connectivity index (χ1) is 12.6. The zero-order chi connectivity index (χ0) is 18.9. The van der Waals surface area contributed by atoms with Crippen molar-refractivity contribution in [3.8, 4) is 11.5 Å². The molecule has 0 aliphatic heterocycles. The number of benzene rings is 2. The molecular formula is C21H30IN3O2. The van der Waals surface area contributed by atoms with Crippen LogP contribution in [0.3, 0.4) is 0 Å². The molecule has 27 heavy (non-hydrogen) atoms. The maximum Gasteiger partial charge on any atom is 0.191 e. The van der Waals surface area contributed by atoms with Crippen LogP contribution in [-0.4, -0.2) is 33.8 Å². The standard InChI is InChI=1S/C21H29N3O2.HI/c1-15-6-7-17(13-20(15)26-5)10-11-23-21(22-3)24-14-18-8-9-19(25-4)16(2)12-18;/h6-9,12-13H,10-11,14H2,1-5H3,(H2,22,23,24);1H. The quantitative estimate of drug-likeness (QED) is 0.357. The van der Waals surface area contributed by atoms with Crippen LogP contribution in [0.25, 0.3) is 0 Å². The minimum Gasteiger partial charge on any atom is -0.496 e. The van der Waals surface area contributed by atoms with E-state index in [1.807, 2.05) is 19.9 Å². The number of methoxy groups -OCH3 is 2. The Morgan fingerprint density at radius 2 is 1.59 bits per heavy atom. The predicted molar refractivity (Wildman–Crippen MR) is 123 cm³/mol. The molecule has 0 bridgehead atoms. The lowest BCUT2D eigenvalue weighted by molar-refractivity contribution is 0.411. The number of ether oxygens (including phenoxy) is 2. The summed E-state index contributed by atoms with van der Waals surface area (Å²) in [5.74, 6) is 2.63. The molecule has 6 heteroatoms. The van der Waals surface area contributed by atoms with Gasteiger partial charge in [0, 0.05) is 20.1 Å². The van der Waals surface area contributed by atoms with E-state index in [1.165, 1.54) is 11.1 Å². The highest BCUT2D eigenvalue weighted by Crippen LogP contribution is 2.19. The smallest absolute Gasteiger partial charge is 0.191 e. The number of aryl methyl sites for hydroxylation is 2. The second-order valence-corrected chi connectivity index (χ2v) is 6.21. The van der Waals surface area contributed by atoms with Crippen molar-refractivity contribution in [2.45, 2.75) is 26.8 Å². The van der Waals surface area contributed by atoms with E-state index in [4.69, 9.17) is 9.47 Å². The van der Waals surface area contributed by atoms with Gasteiger partial charge in [0.15, 0.2) is 5.96 Å². The van der Waals surface area contributed by atoms with Crippen LogP contribution in [-0.2, 0) is 13.0 Å². The van der Waals surface area contributed by atoms with Gasteiger partial charge in [0.1, 0.15) is 11.5 Å². The zero-order valence-corrected chi connectivity index (χ0v) is 19.1. The molecule has 0 atom stereocenters. The Hall–Kier alpha value is -1.96. The van der Waals surface area contributed by atoms with E-state index in [0.29, 0.717) is 6.54 Å². The van der Waals surface area contributed by atoms with Gasteiger partial charge in [-0.3, -0.25) is 4.99 Å². The van der Waals surface area contributed by atoms with E-state index in [1.54, 1.807) is 21.3 Å². The second kappa shape index (κ2) is 11.7. The SMILES string of the molecule is CN=C(NCCc1ccc(C)c(OC)c1)NCc1ccc(OC)c(C)c1.I. The van der Waals surface area contributed by atoms with E-state index in [2.05, 4.69) is 46.0 Å². The van der Waals surface area contributed by atoms with E-state index < -0.39 is 0 Å². The maximum absolute atomic E-state index is 5.38. The molecule has 2 aromatic rings. The molecule has 0 aliphatic rings. The molecule has 0 heterocycles. The summed E-state index contributed by atoms with van der Waals surface area (Å²) in [6.07, 6.45) is 0.902. The van der Waals surface area contributed by atoms with Crippen molar-refractivity contribution in [3.63, 3.8) is 0 Å². The van der Waals surface area contributed by atoms with E-state index >= 15 is 0 Å². The summed E-state index contributed by atoms with van der Waals surface area (Å²) >= 11 is 0. The number of halogens is 1. The highest BCUT2D eigenvalue weighted by atomic mass is 127. The topological polar surface area (TPSA) is 54.9 Å². The lowest BCUT2D eigenvalue weighted by Crippen LogP contribution is -2.37. The predicted octanol–water partition coefficient (Wildman–Crippen LogP) is 3.85. The lowest BCUT2D eigenvalue weighted by Gasteiger charge is -2.13. The molecule has 0 amide bonds. The van der Waals surface area contributed by atoms with Crippen molar-refractivity contribution < 1.29 is 9.47 Å². The van der Waals surface area contributed by atoms with Gasteiger partial charge in [-0.1, -0.05) is 24.3 Å². The Kier molecular flexibility index (Phi) is 9.99. The van der Waals surface area contributed by atoms with Crippen LogP contribution in [0.2, 0.25) is 0 Å². The summed E-state index contributed by atoms with van der Waals surface area (Å²) in [6.45, 7) is 5.61. The number of hydrogen-bond acceptors (Lipinski definition) is 3. The molecule has 0 aliphatic carbocycles. The average molecular weight is 483 g/mol. The first-order valence-corrected chi connectivity index (χ1v) is 8.79. The third kappa shape index (κ3) is 6.93. The fraction of sp³-hybridized carbons (Fsp3) is 0.381. The molecule has 0 fully saturated rings. The molecule has 0 saturated carbocycles. The molecule has 0 unspecified atom stereocenters. The van der Waals surface area contributed by atoms with Crippen molar-refractivity contribution in [3.05, 3.63) is 58.7 Å². The summed E-state index contributed by atoms with van der Waals surface area (Å²) in [6, 6.07) is 12.5. The third-order valence-corrected chi connectivity index (χ3v) is 4.32. The van der Waals surface area contributed by atoms with E-state index in [0.717, 1.165) is 41.6 Å². The van der Waals surface area contributed by atoms with Crippen molar-refractivity contribution in [2.75, 3.05) is 27.8 Å². The lowest BCUT2D eigenvalue weighted by atomic mass is 10.1. The van der Waals surface area contributed by atoms with Gasteiger partial charge in [-0.25, -0.2) is 0 Å². The van der Waals surface area contributed by atoms with Crippen molar-refractivity contribution >= 4 is 29.9 Å². The molecule has 2 rings (SSSR count). The van der Waals surface area contributed by atoms with Gasteiger partial charge in [0.2, 0.25) is 0 Å². The van der Waals surface area contributed by atoms with Crippen LogP contribution in [0.15, 0.2) is 41.4 Å². The van der Waals surface area contributed by atoms with Gasteiger partial charge in [0.25, 0.3) is 0 Å². The number of hydrogen-bond donors (Lipinski definition) is 2. The normalized spacial score (nSPS) is 10.8. The highest BCUT2D eigenvalue weighted by Gasteiger charge is 2.03. The Balaban J connectivity index is 0.00000364. The molecule has 2 N–H and O–H groups in total. The fourth-order valence-corrected chi connectivity index (χ4v) is 2.80. The maximum atomic E-state index is 5.38. The van der Waals surface area contributed by atoms with Crippen LogP contribution in [0.1, 0.15) is 22.3 Å². The van der Waals surface area contributed by atoms with Gasteiger partial charge in [-0.2, -0.15) is 0 Å². The van der Waals surface area contributed by atoms with Gasteiger partial charge in [-0.15, -0.1) is 24.0 Å². The molecule has 0 spiro atoms. The summed E-state index contributed by atoms with van der Waals surface area (Å²) in [5.41, 5.74) is 4.70. The van der Waals surface area contributed by atoms with Gasteiger partial charge in [-0.05, 0) is 54.7 Å². The van der Waals surface area contributed by atoms with Gasteiger partial charge in [0.05, 0.1) is 14.2 Å². The van der Waals surface area contributed by atoms with Crippen LogP contribution >= 0.6 is 24.0 Å². The van der Waals surface area contributed by atoms with Gasteiger partial charge < -0.3 is 20.1 Å². The van der Waals surface area contributed by atoms with Crippen molar-refractivity contribution in [1.29, 1.82) is 0 Å². The van der Waals surface area contributed by atoms with Crippen molar-refractivity contribution in [1.82, 2.24) is 10.6 Å². The van der Waals surface area contributed by atoms with Crippen LogP contribution in [0.4, 0.5) is 0 Å². The minimum atomic E-state index is 0. The number of nitrogens with zero attached hydrogens (tertiary/aromatic N) is 1. The number of nitrogens with one attached hydrogen (secondary N) is 2. The molecule has 0 saturated heterocycles. The van der Waals surface area contributed by atoms with Crippen LogP contribution < -0.4 is 20.1 Å². The fourth-order valence-electron chi connectivity index (χ4n) is 2.80. The minimum absolute atomic E-state index is 0. The second-order valence-electron chi connectivity index (χ2n) is 6.21. The van der Waals surface area contributed by atoms with Crippen LogP contribution in [0, 0.1) is 13.8 Å². The third-order valence-electron chi connectivity index (χ3n) is 4.32. The van der Waals surface area contributed by atoms with Crippen LogP contribution in [0.5, 0.6) is 11.5 Å². The molecular weight excluding hydrogens is 453 g/mol. The number of aliphatic imine (C=N–C) groups is 1. The Morgan fingerprint density at radius 1 is 0.889 bits per heavy atom. The zero-order valence-electron chi connectivity index (χ0n) is 16.8. The average Bonchev–Trinajstić information content (AvgIpc) is 2.65. The molecule has 5 nitrogen and oxygen atoms in total. The molecule has 0 aromatic heterocycles. The number of rotatable bonds is 7. The highest BCUT2D eigenvalue weighted by molar-refractivity contribution is 14.0. The van der Waals surface area contributed by atoms with Gasteiger partial charge >= 0.3 is 0 Å². The first kappa shape index (κ1) is 23.1. The Morgan fingerprint density at radius 3 is 2.22 bits per heavy atom. The number of guanidine groups is 1. The van der Waals surface area contributed by atoms with Crippen molar-refractivity contribution in [2.24, 2.45) is 4.99 Å². The summed E-state index contributed by atoms with van der Waals surface area (Å²) in [4.78, 5) is 4.28. The molecule has 0 radical (unpaired) electrons. The summed E-state index contributed by atoms with van der Waals surface area (Å²) in [5, 5.41) is 6.69. The Labute approximate surface area is 179 Å². The molecule has 2 aromatic carbocycles. The molecule has 148 valence electrons. The van der Waals surface area contributed by atoms with E-state index in [-0.39, 0.29) is 24.0 Å². The largest absolute Gasteiger partial charge is 0.496 e.